The van der Waals surface area contributed by atoms with E-state index in [-0.39, 0.29) is 6.10 Å². The molecule has 76 valence electrons. The Kier molecular flexibility index (Phi) is 4.84. The Morgan fingerprint density at radius 2 is 2.23 bits per heavy atom. The second-order valence-corrected chi connectivity index (χ2v) is 4.23. The monoisotopic (exact) mass is 201 g/mol. The number of likely N-dealkylation sites (tertiary alicyclic amines) is 1. The van der Waals surface area contributed by atoms with Gasteiger partial charge in [0.05, 0.1) is 6.10 Å². The summed E-state index contributed by atoms with van der Waals surface area (Å²) < 4.78 is 0. The maximum absolute atomic E-state index is 9.53. The van der Waals surface area contributed by atoms with E-state index in [0.29, 0.717) is 5.92 Å². The van der Waals surface area contributed by atoms with Crippen molar-refractivity contribution in [2.45, 2.75) is 19.4 Å². The van der Waals surface area contributed by atoms with Crippen molar-refractivity contribution in [3.8, 4) is 0 Å². The fourth-order valence-electron chi connectivity index (χ4n) is 1.87. The van der Waals surface area contributed by atoms with Gasteiger partial charge >= 0.3 is 0 Å². The lowest BCUT2D eigenvalue weighted by molar-refractivity contribution is 0.0508. The van der Waals surface area contributed by atoms with Crippen LogP contribution in [0.5, 0.6) is 0 Å². The summed E-state index contributed by atoms with van der Waals surface area (Å²) in [6, 6.07) is 0. The lowest BCUT2D eigenvalue weighted by atomic mass is 9.98. The van der Waals surface area contributed by atoms with Gasteiger partial charge in [-0.05, 0) is 12.3 Å². The highest BCUT2D eigenvalue weighted by Crippen LogP contribution is 2.15. The van der Waals surface area contributed by atoms with E-state index in [4.69, 9.17) is 0 Å². The van der Waals surface area contributed by atoms with E-state index >= 15 is 0 Å². The molecule has 2 nitrogen and oxygen atoms in total. The van der Waals surface area contributed by atoms with Gasteiger partial charge in [-0.3, -0.25) is 4.90 Å². The molecule has 0 aliphatic carbocycles. The molecule has 0 aromatic rings. The first-order chi connectivity index (χ1) is 6.22. The van der Waals surface area contributed by atoms with E-state index in [1.807, 2.05) is 0 Å². The van der Waals surface area contributed by atoms with Gasteiger partial charge in [-0.1, -0.05) is 19.1 Å². The predicted octanol–water partition coefficient (Wildman–Crippen LogP) is 1.18. The molecule has 0 aromatic heterocycles. The minimum atomic E-state index is -0.131. The minimum absolute atomic E-state index is 0.131. The molecule has 1 fully saturated rings. The third-order valence-corrected chi connectivity index (χ3v) is 2.56. The number of nitrogens with zero attached hydrogens (tertiary/aromatic N) is 1. The third kappa shape index (κ3) is 4.16. The topological polar surface area (TPSA) is 23.5 Å². The van der Waals surface area contributed by atoms with Crippen molar-refractivity contribution in [1.82, 2.24) is 4.90 Å². The normalized spacial score (nSPS) is 31.3. The minimum Gasteiger partial charge on any atom is -0.392 e. The average Bonchev–Trinajstić information content (AvgIpc) is 2.03. The quantitative estimate of drug-likeness (QED) is 0.529. The Bertz CT molecular complexity index is 162. The molecule has 1 N–H and O–H groups in total. The molecule has 3 heteroatoms. The van der Waals surface area contributed by atoms with Crippen LogP contribution in [0, 0.1) is 5.92 Å². The maximum Gasteiger partial charge on any atom is 0.0670 e. The molecule has 0 unspecified atom stereocenters. The Balaban J connectivity index is 2.28. The highest BCUT2D eigenvalue weighted by atomic mass is 32.1. The van der Waals surface area contributed by atoms with E-state index in [2.05, 4.69) is 36.6 Å². The van der Waals surface area contributed by atoms with Crippen LogP contribution in [0.4, 0.5) is 0 Å². The molecule has 2 atom stereocenters. The molecule has 0 saturated carbocycles. The molecule has 0 amide bonds. The van der Waals surface area contributed by atoms with E-state index < -0.39 is 0 Å². The smallest absolute Gasteiger partial charge is 0.0670 e. The van der Waals surface area contributed by atoms with E-state index in [1.165, 1.54) is 0 Å². The van der Waals surface area contributed by atoms with E-state index in [0.717, 1.165) is 31.8 Å². The van der Waals surface area contributed by atoms with Crippen molar-refractivity contribution in [2.75, 3.05) is 25.4 Å². The Morgan fingerprint density at radius 1 is 1.46 bits per heavy atom. The Labute approximate surface area is 86.0 Å². The second-order valence-electron chi connectivity index (χ2n) is 3.87. The van der Waals surface area contributed by atoms with E-state index in [1.54, 1.807) is 0 Å². The van der Waals surface area contributed by atoms with Gasteiger partial charge in [0.25, 0.3) is 0 Å². The van der Waals surface area contributed by atoms with Gasteiger partial charge in [-0.15, -0.1) is 0 Å². The number of thiol groups is 1. The lowest BCUT2D eigenvalue weighted by Gasteiger charge is -2.33. The summed E-state index contributed by atoms with van der Waals surface area (Å²) in [7, 11) is 0. The standard InChI is InChI=1S/C10H19NOS/c1-9-6-10(12)8-11(7-9)4-2-3-5-13/h2-3,9-10,12-13H,4-8H2,1H3/b3-2+/t9-,10+/m1/s1. The van der Waals surface area contributed by atoms with Crippen LogP contribution in [0.1, 0.15) is 13.3 Å². The van der Waals surface area contributed by atoms with Crippen LogP contribution in [0.2, 0.25) is 0 Å². The summed E-state index contributed by atoms with van der Waals surface area (Å²) in [6.45, 7) is 5.06. The molecule has 1 aliphatic heterocycles. The summed E-state index contributed by atoms with van der Waals surface area (Å²) in [4.78, 5) is 2.29. The largest absolute Gasteiger partial charge is 0.392 e. The van der Waals surface area contributed by atoms with Crippen LogP contribution in [0.25, 0.3) is 0 Å². The number of hydrogen-bond acceptors (Lipinski definition) is 3. The number of aliphatic hydroxyl groups is 1. The lowest BCUT2D eigenvalue weighted by Crippen LogP contribution is -2.42. The SMILES string of the molecule is C[C@@H]1C[C@H](O)CN(C/C=C/CS)C1. The van der Waals surface area contributed by atoms with Gasteiger partial charge in [0.1, 0.15) is 0 Å². The van der Waals surface area contributed by atoms with Crippen LogP contribution in [0.3, 0.4) is 0 Å². The zero-order chi connectivity index (χ0) is 9.68. The number of hydrogen-bond donors (Lipinski definition) is 2. The first-order valence-corrected chi connectivity index (χ1v) is 5.52. The molecule has 0 spiro atoms. The molecule has 1 rings (SSSR count). The number of rotatable bonds is 3. The van der Waals surface area contributed by atoms with Gasteiger partial charge in [0.15, 0.2) is 0 Å². The molecule has 0 radical (unpaired) electrons. The summed E-state index contributed by atoms with van der Waals surface area (Å²) >= 11 is 4.10. The molecule has 1 saturated heterocycles. The number of aliphatic hydroxyl groups excluding tert-OH is 1. The fourth-order valence-corrected chi connectivity index (χ4v) is 2.02. The van der Waals surface area contributed by atoms with Crippen LogP contribution in [0.15, 0.2) is 12.2 Å². The van der Waals surface area contributed by atoms with Gasteiger partial charge in [-0.2, -0.15) is 12.6 Å². The highest BCUT2D eigenvalue weighted by molar-refractivity contribution is 7.80. The second kappa shape index (κ2) is 5.68. The maximum atomic E-state index is 9.53. The summed E-state index contributed by atoms with van der Waals surface area (Å²) in [5.74, 6) is 1.42. The first kappa shape index (κ1) is 11.1. The van der Waals surface area contributed by atoms with E-state index in [9.17, 15) is 5.11 Å². The number of piperidine rings is 1. The van der Waals surface area contributed by atoms with Crippen molar-refractivity contribution in [3.63, 3.8) is 0 Å². The third-order valence-electron chi connectivity index (χ3n) is 2.35. The molecule has 0 aromatic carbocycles. The van der Waals surface area contributed by atoms with Crippen LogP contribution in [-0.2, 0) is 0 Å². The fraction of sp³-hybridized carbons (Fsp3) is 0.800. The molecular weight excluding hydrogens is 182 g/mol. The highest BCUT2D eigenvalue weighted by Gasteiger charge is 2.21. The Hall–Kier alpha value is 0.01000. The first-order valence-electron chi connectivity index (χ1n) is 4.88. The molecule has 0 bridgehead atoms. The molecule has 13 heavy (non-hydrogen) atoms. The Morgan fingerprint density at radius 3 is 2.85 bits per heavy atom. The predicted molar refractivity (Wildman–Crippen MR) is 59.2 cm³/mol. The van der Waals surface area contributed by atoms with Gasteiger partial charge in [0, 0.05) is 25.4 Å². The van der Waals surface area contributed by atoms with Crippen molar-refractivity contribution in [2.24, 2.45) is 5.92 Å². The molecule has 1 aliphatic rings. The van der Waals surface area contributed by atoms with Crippen molar-refractivity contribution in [3.05, 3.63) is 12.2 Å². The molecular formula is C10H19NOS. The summed E-state index contributed by atoms with van der Waals surface area (Å²) in [5, 5.41) is 9.53. The van der Waals surface area contributed by atoms with Crippen LogP contribution >= 0.6 is 12.6 Å². The summed E-state index contributed by atoms with van der Waals surface area (Å²) in [6.07, 6.45) is 4.99. The van der Waals surface area contributed by atoms with Crippen LogP contribution < -0.4 is 0 Å². The van der Waals surface area contributed by atoms with Crippen molar-refractivity contribution >= 4 is 12.6 Å². The molecule has 1 heterocycles. The van der Waals surface area contributed by atoms with Crippen LogP contribution in [-0.4, -0.2) is 41.5 Å². The average molecular weight is 201 g/mol. The zero-order valence-electron chi connectivity index (χ0n) is 8.19. The van der Waals surface area contributed by atoms with Gasteiger partial charge in [-0.25, -0.2) is 0 Å². The van der Waals surface area contributed by atoms with Crippen molar-refractivity contribution < 1.29 is 5.11 Å². The van der Waals surface area contributed by atoms with Crippen molar-refractivity contribution in [1.29, 1.82) is 0 Å². The van der Waals surface area contributed by atoms with Gasteiger partial charge < -0.3 is 5.11 Å². The summed E-state index contributed by atoms with van der Waals surface area (Å²) in [5.41, 5.74) is 0. The zero-order valence-corrected chi connectivity index (χ0v) is 9.08. The number of β-amino-alcohol motifs (C(OH)–C–C–N with tert-alkyl or cyclic N) is 1. The van der Waals surface area contributed by atoms with Gasteiger partial charge in [0.2, 0.25) is 0 Å².